The quantitative estimate of drug-likeness (QED) is 0.925. The van der Waals surface area contributed by atoms with Gasteiger partial charge in [-0.1, -0.05) is 0 Å². The Morgan fingerprint density at radius 1 is 1.24 bits per heavy atom. The maximum absolute atomic E-state index is 14.3. The minimum Gasteiger partial charge on any atom is -0.490 e. The number of hydrogen-bond donors (Lipinski definition) is 1. The molecule has 116 valence electrons. The number of benzene rings is 1. The number of halogens is 2. The molecule has 6 heteroatoms. The van der Waals surface area contributed by atoms with Crippen molar-refractivity contribution in [1.29, 1.82) is 0 Å². The average molecular weight is 300 g/mol. The molecule has 0 atom stereocenters. The fourth-order valence-electron chi connectivity index (χ4n) is 2.12. The van der Waals surface area contributed by atoms with Gasteiger partial charge in [-0.2, -0.15) is 0 Å². The van der Waals surface area contributed by atoms with E-state index in [0.717, 1.165) is 0 Å². The summed E-state index contributed by atoms with van der Waals surface area (Å²) >= 11 is 0. The summed E-state index contributed by atoms with van der Waals surface area (Å²) in [5.74, 6) is -3.80. The summed E-state index contributed by atoms with van der Waals surface area (Å²) in [6.45, 7) is 3.45. The topological polar surface area (TPSA) is 55.8 Å². The molecule has 0 radical (unpaired) electrons. The summed E-state index contributed by atoms with van der Waals surface area (Å²) in [6, 6.07) is 3.93. The molecule has 0 spiro atoms. The van der Waals surface area contributed by atoms with E-state index in [0.29, 0.717) is 25.4 Å². The van der Waals surface area contributed by atoms with Crippen LogP contribution in [0.5, 0.6) is 11.5 Å². The van der Waals surface area contributed by atoms with Crippen LogP contribution < -0.4 is 9.47 Å². The lowest BCUT2D eigenvalue weighted by molar-refractivity contribution is -0.153. The van der Waals surface area contributed by atoms with Gasteiger partial charge in [-0.15, -0.1) is 0 Å². The summed E-state index contributed by atoms with van der Waals surface area (Å²) in [5, 5.41) is 9.00. The normalized spacial score (nSPS) is 15.4. The van der Waals surface area contributed by atoms with Crippen LogP contribution in [0.4, 0.5) is 8.78 Å². The lowest BCUT2D eigenvalue weighted by Gasteiger charge is -2.26. The van der Waals surface area contributed by atoms with Gasteiger partial charge in [0.2, 0.25) is 0 Å². The lowest BCUT2D eigenvalue weighted by atomic mass is 9.84. The molecule has 0 fully saturated rings. The summed E-state index contributed by atoms with van der Waals surface area (Å²) < 4.78 is 39.4. The molecule has 1 aromatic carbocycles. The number of alkyl halides is 2. The van der Waals surface area contributed by atoms with Crippen molar-refractivity contribution >= 4 is 5.97 Å². The van der Waals surface area contributed by atoms with Crippen LogP contribution in [0.15, 0.2) is 18.2 Å². The van der Waals surface area contributed by atoms with Gasteiger partial charge in [0.25, 0.3) is 5.92 Å². The highest BCUT2D eigenvalue weighted by molar-refractivity contribution is 5.73. The first-order valence-corrected chi connectivity index (χ1v) is 6.74. The molecule has 0 aliphatic carbocycles. The molecular weight excluding hydrogens is 282 g/mol. The summed E-state index contributed by atoms with van der Waals surface area (Å²) in [7, 11) is 0. The van der Waals surface area contributed by atoms with Gasteiger partial charge < -0.3 is 14.6 Å². The van der Waals surface area contributed by atoms with E-state index in [1.807, 2.05) is 0 Å². The number of rotatable bonds is 4. The molecule has 0 amide bonds. The van der Waals surface area contributed by atoms with Crippen LogP contribution in [-0.2, 0) is 10.7 Å². The van der Waals surface area contributed by atoms with E-state index >= 15 is 0 Å². The molecule has 0 saturated carbocycles. The average Bonchev–Trinajstić information content (AvgIpc) is 2.61. The summed E-state index contributed by atoms with van der Waals surface area (Å²) in [4.78, 5) is 11.0. The standard InChI is InChI=1S/C15H18F2O4/c1-14(2,13(18)19)9-15(16,17)10-4-5-11-12(8-10)21-7-3-6-20-11/h4-5,8H,3,6-7,9H2,1-2H3,(H,18,19). The van der Waals surface area contributed by atoms with Crippen LogP contribution in [0.3, 0.4) is 0 Å². The van der Waals surface area contributed by atoms with E-state index in [9.17, 15) is 13.6 Å². The van der Waals surface area contributed by atoms with E-state index in [1.54, 1.807) is 0 Å². The smallest absolute Gasteiger partial charge is 0.309 e. The second-order valence-corrected chi connectivity index (χ2v) is 5.78. The molecule has 1 aromatic rings. The zero-order valence-corrected chi connectivity index (χ0v) is 12.0. The molecule has 0 saturated heterocycles. The van der Waals surface area contributed by atoms with Crippen molar-refractivity contribution in [3.05, 3.63) is 23.8 Å². The Balaban J connectivity index is 2.28. The number of carboxylic acids is 1. The van der Waals surface area contributed by atoms with E-state index in [1.165, 1.54) is 32.0 Å². The zero-order valence-electron chi connectivity index (χ0n) is 12.0. The third-order valence-electron chi connectivity index (χ3n) is 3.41. The maximum Gasteiger partial charge on any atom is 0.309 e. The number of carbonyl (C=O) groups is 1. The third kappa shape index (κ3) is 3.43. The molecule has 21 heavy (non-hydrogen) atoms. The minimum atomic E-state index is -3.26. The highest BCUT2D eigenvalue weighted by Crippen LogP contribution is 2.42. The monoisotopic (exact) mass is 300 g/mol. The van der Waals surface area contributed by atoms with Gasteiger partial charge in [-0.05, 0) is 32.0 Å². The van der Waals surface area contributed by atoms with Gasteiger partial charge in [0.15, 0.2) is 11.5 Å². The Hall–Kier alpha value is -1.85. The van der Waals surface area contributed by atoms with Gasteiger partial charge in [-0.3, -0.25) is 4.79 Å². The molecule has 0 unspecified atom stereocenters. The van der Waals surface area contributed by atoms with E-state index in [2.05, 4.69) is 0 Å². The Morgan fingerprint density at radius 2 is 1.86 bits per heavy atom. The number of ether oxygens (including phenoxy) is 2. The predicted octanol–water partition coefficient (Wildman–Crippen LogP) is 3.44. The maximum atomic E-state index is 14.3. The Bertz CT molecular complexity index is 540. The van der Waals surface area contributed by atoms with Crippen molar-refractivity contribution in [3.63, 3.8) is 0 Å². The van der Waals surface area contributed by atoms with Crippen molar-refractivity contribution in [2.75, 3.05) is 13.2 Å². The second kappa shape index (κ2) is 5.50. The van der Waals surface area contributed by atoms with E-state index in [4.69, 9.17) is 14.6 Å². The first-order valence-electron chi connectivity index (χ1n) is 6.74. The molecule has 0 aromatic heterocycles. The fraction of sp³-hybridized carbons (Fsp3) is 0.533. The van der Waals surface area contributed by atoms with Crippen LogP contribution in [0.2, 0.25) is 0 Å². The molecule has 1 heterocycles. The first kappa shape index (κ1) is 15.5. The minimum absolute atomic E-state index is 0.263. The van der Waals surface area contributed by atoms with Gasteiger partial charge >= 0.3 is 5.97 Å². The van der Waals surface area contributed by atoms with Crippen molar-refractivity contribution in [3.8, 4) is 11.5 Å². The third-order valence-corrected chi connectivity index (χ3v) is 3.41. The number of hydrogen-bond acceptors (Lipinski definition) is 3. The van der Waals surface area contributed by atoms with E-state index in [-0.39, 0.29) is 11.3 Å². The Kier molecular flexibility index (Phi) is 4.07. The van der Waals surface area contributed by atoms with Crippen LogP contribution in [0.1, 0.15) is 32.3 Å². The van der Waals surface area contributed by atoms with Gasteiger partial charge in [0.05, 0.1) is 18.6 Å². The fourth-order valence-corrected chi connectivity index (χ4v) is 2.12. The molecule has 1 aliphatic heterocycles. The van der Waals surface area contributed by atoms with Crippen molar-refractivity contribution < 1.29 is 28.2 Å². The number of carboxylic acid groups (broad SMARTS) is 1. The first-order chi connectivity index (χ1) is 9.72. The number of aliphatic carboxylic acids is 1. The van der Waals surface area contributed by atoms with Crippen molar-refractivity contribution in [2.45, 2.75) is 32.6 Å². The van der Waals surface area contributed by atoms with Crippen molar-refractivity contribution in [1.82, 2.24) is 0 Å². The van der Waals surface area contributed by atoms with Crippen molar-refractivity contribution in [2.24, 2.45) is 5.41 Å². The highest BCUT2D eigenvalue weighted by Gasteiger charge is 2.42. The SMILES string of the molecule is CC(C)(CC(F)(F)c1ccc2c(c1)OCCCO2)C(=O)O. The van der Waals surface area contributed by atoms with Gasteiger partial charge in [0.1, 0.15) is 0 Å². The Morgan fingerprint density at radius 3 is 2.48 bits per heavy atom. The summed E-state index contributed by atoms with van der Waals surface area (Å²) in [6.07, 6.45) is -0.0958. The lowest BCUT2D eigenvalue weighted by Crippen LogP contribution is -2.31. The molecule has 1 N–H and O–H groups in total. The molecular formula is C15H18F2O4. The van der Waals surface area contributed by atoms with Crippen LogP contribution in [0.25, 0.3) is 0 Å². The van der Waals surface area contributed by atoms with E-state index < -0.39 is 23.7 Å². The van der Waals surface area contributed by atoms with Crippen LogP contribution in [-0.4, -0.2) is 24.3 Å². The second-order valence-electron chi connectivity index (χ2n) is 5.78. The zero-order chi connectivity index (χ0) is 15.7. The highest BCUT2D eigenvalue weighted by atomic mass is 19.3. The predicted molar refractivity (Wildman–Crippen MR) is 72.0 cm³/mol. The molecule has 4 nitrogen and oxygen atoms in total. The van der Waals surface area contributed by atoms with Gasteiger partial charge in [0, 0.05) is 18.4 Å². The molecule has 1 aliphatic rings. The largest absolute Gasteiger partial charge is 0.490 e. The number of fused-ring (bicyclic) bond motifs is 1. The van der Waals surface area contributed by atoms with Crippen LogP contribution >= 0.6 is 0 Å². The van der Waals surface area contributed by atoms with Crippen LogP contribution in [0, 0.1) is 5.41 Å². The molecule has 2 rings (SSSR count). The summed E-state index contributed by atoms with van der Waals surface area (Å²) in [5.41, 5.74) is -1.78. The molecule has 0 bridgehead atoms. The van der Waals surface area contributed by atoms with Gasteiger partial charge in [-0.25, -0.2) is 8.78 Å². The Labute approximate surface area is 121 Å².